The van der Waals surface area contributed by atoms with Gasteiger partial charge in [-0.25, -0.2) is 0 Å². The highest BCUT2D eigenvalue weighted by Gasteiger charge is 2.34. The van der Waals surface area contributed by atoms with Crippen LogP contribution in [0.4, 0.5) is 5.69 Å². The minimum Gasteiger partial charge on any atom is -0.545 e. The first-order chi connectivity index (χ1) is 12.4. The molecule has 1 aliphatic heterocycles. The molecular weight excluding hydrogens is 370 g/mol. The number of anilines is 1. The average Bonchev–Trinajstić information content (AvgIpc) is 2.89. The van der Waals surface area contributed by atoms with E-state index in [1.807, 2.05) is 24.3 Å². The third-order valence-corrected chi connectivity index (χ3v) is 5.17. The van der Waals surface area contributed by atoms with Crippen LogP contribution in [0.5, 0.6) is 5.75 Å². The third-order valence-electron chi connectivity index (χ3n) is 3.87. The van der Waals surface area contributed by atoms with Gasteiger partial charge in [0.2, 0.25) is 0 Å². The molecule has 0 bridgehead atoms. The molecule has 0 radical (unpaired) electrons. The predicted octanol–water partition coefficient (Wildman–Crippen LogP) is 2.77. The summed E-state index contributed by atoms with van der Waals surface area (Å²) in [6.45, 7) is 1.79. The zero-order chi connectivity index (χ0) is 18.8. The lowest BCUT2D eigenvalue weighted by molar-refractivity contribution is -0.255. The number of aromatic carboxylic acids is 1. The first-order valence-electron chi connectivity index (χ1n) is 7.64. The van der Waals surface area contributed by atoms with Crippen LogP contribution < -0.4 is 14.7 Å². The molecule has 1 heterocycles. The van der Waals surface area contributed by atoms with E-state index >= 15 is 0 Å². The van der Waals surface area contributed by atoms with Gasteiger partial charge in [-0.05, 0) is 47.9 Å². The van der Waals surface area contributed by atoms with Crippen molar-refractivity contribution in [1.29, 1.82) is 0 Å². The summed E-state index contributed by atoms with van der Waals surface area (Å²) >= 11 is 6.52. The Morgan fingerprint density at radius 3 is 2.73 bits per heavy atom. The lowest BCUT2D eigenvalue weighted by Gasteiger charge is -2.18. The molecule has 7 heteroatoms. The number of amides is 1. The Morgan fingerprint density at radius 2 is 2.04 bits per heavy atom. The lowest BCUT2D eigenvalue weighted by atomic mass is 10.1. The molecule has 1 aliphatic rings. The van der Waals surface area contributed by atoms with E-state index in [0.29, 0.717) is 20.7 Å². The van der Waals surface area contributed by atoms with Gasteiger partial charge >= 0.3 is 0 Å². The number of hydrogen-bond donors (Lipinski definition) is 0. The third kappa shape index (κ3) is 3.49. The molecule has 0 unspecified atom stereocenters. The maximum Gasteiger partial charge on any atom is 0.270 e. The van der Waals surface area contributed by atoms with Crippen molar-refractivity contribution in [3.63, 3.8) is 0 Å². The van der Waals surface area contributed by atoms with Gasteiger partial charge in [0.05, 0.1) is 23.7 Å². The van der Waals surface area contributed by atoms with E-state index < -0.39 is 5.97 Å². The van der Waals surface area contributed by atoms with Crippen molar-refractivity contribution in [3.05, 3.63) is 64.1 Å². The smallest absolute Gasteiger partial charge is 0.270 e. The predicted molar refractivity (Wildman–Crippen MR) is 104 cm³/mol. The highest BCUT2D eigenvalue weighted by atomic mass is 32.2. The van der Waals surface area contributed by atoms with Gasteiger partial charge in [-0.1, -0.05) is 48.2 Å². The van der Waals surface area contributed by atoms with Gasteiger partial charge < -0.3 is 14.6 Å². The maximum absolute atomic E-state index is 12.9. The monoisotopic (exact) mass is 384 g/mol. The van der Waals surface area contributed by atoms with E-state index in [1.165, 1.54) is 28.8 Å². The first kappa shape index (κ1) is 18.2. The number of ether oxygens (including phenoxy) is 1. The number of thiocarbonyl (C=S) groups is 1. The van der Waals surface area contributed by atoms with Crippen molar-refractivity contribution >= 4 is 51.9 Å². The van der Waals surface area contributed by atoms with Crippen LogP contribution in [0.2, 0.25) is 0 Å². The number of thioether (sulfide) groups is 1. The zero-order valence-electron chi connectivity index (χ0n) is 14.0. The fourth-order valence-corrected chi connectivity index (χ4v) is 3.82. The van der Waals surface area contributed by atoms with Crippen LogP contribution in [0, 0.1) is 6.92 Å². The number of carboxylic acids is 1. The Labute approximate surface area is 160 Å². The summed E-state index contributed by atoms with van der Waals surface area (Å²) in [7, 11) is 1.58. The SMILES string of the molecule is COc1cccc(/C=C2\SC(=S)N(c3cc(C(=O)[O-])ccc3C)C2=O)c1. The summed E-state index contributed by atoms with van der Waals surface area (Å²) in [4.78, 5) is 25.8. The van der Waals surface area contributed by atoms with Crippen LogP contribution in [0.3, 0.4) is 0 Å². The molecule has 1 saturated heterocycles. The Kier molecular flexibility index (Phi) is 5.11. The number of carboxylic acid groups (broad SMARTS) is 1. The molecule has 1 amide bonds. The zero-order valence-corrected chi connectivity index (χ0v) is 15.6. The van der Waals surface area contributed by atoms with E-state index in [4.69, 9.17) is 17.0 Å². The Hall–Kier alpha value is -2.64. The van der Waals surface area contributed by atoms with Crippen molar-refractivity contribution < 1.29 is 19.4 Å². The fourth-order valence-electron chi connectivity index (χ4n) is 2.54. The molecule has 1 fully saturated rings. The van der Waals surface area contributed by atoms with E-state index in [2.05, 4.69) is 0 Å². The van der Waals surface area contributed by atoms with Gasteiger partial charge in [-0.2, -0.15) is 0 Å². The molecule has 2 aromatic rings. The molecule has 0 spiro atoms. The van der Waals surface area contributed by atoms with Crippen LogP contribution in [0.15, 0.2) is 47.4 Å². The molecule has 26 heavy (non-hydrogen) atoms. The Bertz CT molecular complexity index is 952. The molecule has 0 aliphatic carbocycles. The summed E-state index contributed by atoms with van der Waals surface area (Å²) in [5.74, 6) is -0.906. The summed E-state index contributed by atoms with van der Waals surface area (Å²) in [5, 5.41) is 11.1. The highest BCUT2D eigenvalue weighted by molar-refractivity contribution is 8.27. The van der Waals surface area contributed by atoms with Gasteiger partial charge in [0.1, 0.15) is 5.75 Å². The van der Waals surface area contributed by atoms with Crippen LogP contribution in [-0.4, -0.2) is 23.3 Å². The van der Waals surface area contributed by atoms with Gasteiger partial charge in [-0.15, -0.1) is 0 Å². The van der Waals surface area contributed by atoms with Gasteiger partial charge in [0, 0.05) is 0 Å². The quantitative estimate of drug-likeness (QED) is 0.596. The molecule has 0 atom stereocenters. The summed E-state index contributed by atoms with van der Waals surface area (Å²) in [6, 6.07) is 11.8. The number of methoxy groups -OCH3 is 1. The number of rotatable bonds is 4. The topological polar surface area (TPSA) is 69.7 Å². The normalized spacial score (nSPS) is 15.6. The van der Waals surface area contributed by atoms with Crippen molar-refractivity contribution in [2.45, 2.75) is 6.92 Å². The Balaban J connectivity index is 1.98. The number of carbonyl (C=O) groups excluding carboxylic acids is 2. The Morgan fingerprint density at radius 1 is 1.27 bits per heavy atom. The second-order valence-corrected chi connectivity index (χ2v) is 7.26. The standard InChI is InChI=1S/C19H15NO4S2/c1-11-6-7-13(18(22)23)10-15(11)20-17(21)16(26-19(20)25)9-12-4-3-5-14(8-12)24-2/h3-10H,1-2H3,(H,22,23)/p-1/b16-9-. The van der Waals surface area contributed by atoms with Gasteiger partial charge in [0.15, 0.2) is 4.32 Å². The number of nitrogens with zero attached hydrogens (tertiary/aromatic N) is 1. The number of hydrogen-bond acceptors (Lipinski definition) is 6. The summed E-state index contributed by atoms with van der Waals surface area (Å²) in [5.41, 5.74) is 2.00. The van der Waals surface area contributed by atoms with Crippen LogP contribution in [0.25, 0.3) is 6.08 Å². The van der Waals surface area contributed by atoms with Crippen molar-refractivity contribution in [2.75, 3.05) is 12.0 Å². The van der Waals surface area contributed by atoms with Crippen molar-refractivity contribution in [3.8, 4) is 5.75 Å². The average molecular weight is 384 g/mol. The molecule has 5 nitrogen and oxygen atoms in total. The molecule has 132 valence electrons. The van der Waals surface area contributed by atoms with Crippen molar-refractivity contribution in [1.82, 2.24) is 0 Å². The number of carbonyl (C=O) groups is 2. The molecule has 3 rings (SSSR count). The second-order valence-electron chi connectivity index (χ2n) is 5.58. The highest BCUT2D eigenvalue weighted by Crippen LogP contribution is 2.37. The minimum atomic E-state index is -1.30. The summed E-state index contributed by atoms with van der Waals surface area (Å²) in [6.07, 6.45) is 1.74. The molecular formula is C19H14NO4S2-. The molecule has 0 saturated carbocycles. The second kappa shape index (κ2) is 7.31. The maximum atomic E-state index is 12.9. The van der Waals surface area contributed by atoms with Gasteiger partial charge in [0.25, 0.3) is 5.91 Å². The van der Waals surface area contributed by atoms with E-state index in [1.54, 1.807) is 26.2 Å². The van der Waals surface area contributed by atoms with Crippen LogP contribution in [-0.2, 0) is 4.79 Å². The van der Waals surface area contributed by atoms with Crippen molar-refractivity contribution in [2.24, 2.45) is 0 Å². The van der Waals surface area contributed by atoms with Crippen LogP contribution >= 0.6 is 24.0 Å². The number of benzene rings is 2. The molecule has 2 aromatic carbocycles. The van der Waals surface area contributed by atoms with Gasteiger partial charge in [-0.3, -0.25) is 9.69 Å². The van der Waals surface area contributed by atoms with Crippen LogP contribution in [0.1, 0.15) is 21.5 Å². The summed E-state index contributed by atoms with van der Waals surface area (Å²) < 4.78 is 5.54. The minimum absolute atomic E-state index is 0.00331. The van der Waals surface area contributed by atoms with E-state index in [9.17, 15) is 14.7 Å². The largest absolute Gasteiger partial charge is 0.545 e. The van der Waals surface area contributed by atoms with E-state index in [0.717, 1.165) is 11.1 Å². The fraction of sp³-hybridized carbons (Fsp3) is 0.105. The first-order valence-corrected chi connectivity index (χ1v) is 8.87. The number of aryl methyl sites for hydroxylation is 1. The molecule has 0 N–H and O–H groups in total. The lowest BCUT2D eigenvalue weighted by Crippen LogP contribution is -2.29. The molecule has 0 aromatic heterocycles. The van der Waals surface area contributed by atoms with E-state index in [-0.39, 0.29) is 11.5 Å².